The monoisotopic (exact) mass is 240 g/mol. The Balaban J connectivity index is 2.57. The van der Waals surface area contributed by atoms with Crippen LogP contribution in [-0.4, -0.2) is 35.9 Å². The Morgan fingerprint density at radius 3 is 2.47 bits per heavy atom. The van der Waals surface area contributed by atoms with Gasteiger partial charge in [0.2, 0.25) is 0 Å². The predicted molar refractivity (Wildman–Crippen MR) is 68.5 cm³/mol. The van der Waals surface area contributed by atoms with Gasteiger partial charge in [0.15, 0.2) is 0 Å². The van der Waals surface area contributed by atoms with Crippen LogP contribution >= 0.6 is 0 Å². The van der Waals surface area contributed by atoms with Crippen molar-refractivity contribution in [2.24, 2.45) is 11.8 Å². The zero-order chi connectivity index (χ0) is 13.1. The first-order valence-electron chi connectivity index (χ1n) is 6.34. The molecule has 0 aromatic rings. The summed E-state index contributed by atoms with van der Waals surface area (Å²) in [5.74, 6) is 0.925. The third-order valence-corrected chi connectivity index (χ3v) is 3.17. The van der Waals surface area contributed by atoms with Crippen LogP contribution in [0.3, 0.4) is 0 Å². The van der Waals surface area contributed by atoms with Gasteiger partial charge in [-0.05, 0) is 45.2 Å². The Labute approximate surface area is 104 Å². The lowest BCUT2D eigenvalue weighted by Crippen LogP contribution is -2.35. The van der Waals surface area contributed by atoms with Gasteiger partial charge in [0.25, 0.3) is 0 Å². The van der Waals surface area contributed by atoms with Gasteiger partial charge < -0.3 is 15.0 Å². The lowest BCUT2D eigenvalue weighted by atomic mass is 9.91. The molecule has 1 saturated heterocycles. The van der Waals surface area contributed by atoms with E-state index in [1.807, 2.05) is 20.8 Å². The summed E-state index contributed by atoms with van der Waals surface area (Å²) in [6, 6.07) is 0. The van der Waals surface area contributed by atoms with Crippen molar-refractivity contribution >= 4 is 12.3 Å². The third kappa shape index (κ3) is 4.02. The lowest BCUT2D eigenvalue weighted by Gasteiger charge is -2.24. The summed E-state index contributed by atoms with van der Waals surface area (Å²) >= 11 is 0. The van der Waals surface area contributed by atoms with Crippen LogP contribution in [0.4, 0.5) is 4.79 Å². The fourth-order valence-corrected chi connectivity index (χ4v) is 2.30. The van der Waals surface area contributed by atoms with Gasteiger partial charge in [0, 0.05) is 13.1 Å². The van der Waals surface area contributed by atoms with Crippen LogP contribution in [0.2, 0.25) is 0 Å². The maximum atomic E-state index is 11.9. The van der Waals surface area contributed by atoms with Crippen molar-refractivity contribution < 1.29 is 9.53 Å². The summed E-state index contributed by atoms with van der Waals surface area (Å²) in [7, 11) is 0. The molecule has 98 valence electrons. The summed E-state index contributed by atoms with van der Waals surface area (Å²) in [5.41, 5.74) is -0.432. The second kappa shape index (κ2) is 5.52. The van der Waals surface area contributed by atoms with Crippen molar-refractivity contribution in [2.45, 2.75) is 46.1 Å². The SMILES string of the molecule is CCC1CN(C(=O)OC(C)(C)C)CC1CC=N. The molecule has 1 aliphatic rings. The molecule has 0 bridgehead atoms. The molecule has 0 radical (unpaired) electrons. The van der Waals surface area contributed by atoms with E-state index in [2.05, 4.69) is 6.92 Å². The molecule has 0 spiro atoms. The Bertz CT molecular complexity index is 284. The van der Waals surface area contributed by atoms with E-state index < -0.39 is 5.60 Å². The van der Waals surface area contributed by atoms with Crippen LogP contribution in [0.15, 0.2) is 0 Å². The maximum absolute atomic E-state index is 11.9. The molecule has 1 aliphatic heterocycles. The van der Waals surface area contributed by atoms with Crippen molar-refractivity contribution in [1.82, 2.24) is 4.90 Å². The minimum absolute atomic E-state index is 0.219. The summed E-state index contributed by atoms with van der Waals surface area (Å²) in [5, 5.41) is 7.19. The van der Waals surface area contributed by atoms with Crippen LogP contribution in [0.25, 0.3) is 0 Å². The first-order valence-corrected chi connectivity index (χ1v) is 6.34. The molecule has 1 amide bonds. The number of rotatable bonds is 3. The van der Waals surface area contributed by atoms with E-state index in [-0.39, 0.29) is 6.09 Å². The van der Waals surface area contributed by atoms with E-state index in [1.54, 1.807) is 4.90 Å². The highest BCUT2D eigenvalue weighted by Gasteiger charge is 2.35. The topological polar surface area (TPSA) is 53.4 Å². The van der Waals surface area contributed by atoms with Gasteiger partial charge in [-0.3, -0.25) is 0 Å². The number of ether oxygens (including phenoxy) is 1. The normalized spacial score (nSPS) is 24.8. The van der Waals surface area contributed by atoms with Gasteiger partial charge in [-0.2, -0.15) is 0 Å². The number of nitrogens with one attached hydrogen (secondary N) is 1. The molecule has 4 heteroatoms. The van der Waals surface area contributed by atoms with Crippen molar-refractivity contribution in [3.05, 3.63) is 0 Å². The Morgan fingerprint density at radius 2 is 2.00 bits per heavy atom. The average molecular weight is 240 g/mol. The van der Waals surface area contributed by atoms with E-state index in [0.29, 0.717) is 11.8 Å². The molecule has 0 aromatic heterocycles. The van der Waals surface area contributed by atoms with Crippen LogP contribution in [0, 0.1) is 17.2 Å². The first kappa shape index (κ1) is 14.0. The van der Waals surface area contributed by atoms with Crippen LogP contribution in [-0.2, 0) is 4.74 Å². The van der Waals surface area contributed by atoms with Crippen LogP contribution in [0.5, 0.6) is 0 Å². The fourth-order valence-electron chi connectivity index (χ4n) is 2.30. The van der Waals surface area contributed by atoms with Gasteiger partial charge in [-0.25, -0.2) is 4.79 Å². The second-order valence-electron chi connectivity index (χ2n) is 5.75. The third-order valence-electron chi connectivity index (χ3n) is 3.17. The van der Waals surface area contributed by atoms with Gasteiger partial charge in [0.05, 0.1) is 0 Å². The maximum Gasteiger partial charge on any atom is 0.410 e. The highest BCUT2D eigenvalue weighted by atomic mass is 16.6. The minimum Gasteiger partial charge on any atom is -0.444 e. The average Bonchev–Trinajstić information content (AvgIpc) is 2.59. The zero-order valence-electron chi connectivity index (χ0n) is 11.3. The molecule has 0 aromatic carbocycles. The van der Waals surface area contributed by atoms with Crippen molar-refractivity contribution in [2.75, 3.05) is 13.1 Å². The molecule has 2 atom stereocenters. The van der Waals surface area contributed by atoms with E-state index >= 15 is 0 Å². The van der Waals surface area contributed by atoms with Gasteiger partial charge in [-0.1, -0.05) is 13.3 Å². The fraction of sp³-hybridized carbons (Fsp3) is 0.846. The second-order valence-corrected chi connectivity index (χ2v) is 5.75. The molecule has 1 fully saturated rings. The molecule has 0 aliphatic carbocycles. The number of carbonyl (C=O) groups is 1. The van der Waals surface area contributed by atoms with Crippen molar-refractivity contribution in [1.29, 1.82) is 5.41 Å². The minimum atomic E-state index is -0.432. The lowest BCUT2D eigenvalue weighted by molar-refractivity contribution is 0.0284. The number of likely N-dealkylation sites (tertiary alicyclic amines) is 1. The molecule has 2 unspecified atom stereocenters. The molecule has 4 nitrogen and oxygen atoms in total. The van der Waals surface area contributed by atoms with Gasteiger partial charge in [0.1, 0.15) is 5.60 Å². The predicted octanol–water partition coefficient (Wildman–Crippen LogP) is 2.92. The summed E-state index contributed by atoms with van der Waals surface area (Å²) in [6.07, 6.45) is 3.05. The molecule has 1 heterocycles. The Hall–Kier alpha value is -1.06. The van der Waals surface area contributed by atoms with Crippen molar-refractivity contribution in [3.63, 3.8) is 0 Å². The summed E-state index contributed by atoms with van der Waals surface area (Å²) in [6.45, 7) is 9.28. The van der Waals surface area contributed by atoms with Gasteiger partial charge >= 0.3 is 6.09 Å². The molecular weight excluding hydrogens is 216 g/mol. The van der Waals surface area contributed by atoms with E-state index in [0.717, 1.165) is 25.9 Å². The van der Waals surface area contributed by atoms with Crippen LogP contribution in [0.1, 0.15) is 40.5 Å². The van der Waals surface area contributed by atoms with E-state index in [9.17, 15) is 4.79 Å². The molecule has 0 saturated carbocycles. The van der Waals surface area contributed by atoms with E-state index in [4.69, 9.17) is 10.1 Å². The standard InChI is InChI=1S/C13H24N2O2/c1-5-10-8-15(9-11(10)6-7-14)12(16)17-13(2,3)4/h7,10-11,14H,5-6,8-9H2,1-4H3. The van der Waals surface area contributed by atoms with Crippen LogP contribution < -0.4 is 0 Å². The summed E-state index contributed by atoms with van der Waals surface area (Å²) < 4.78 is 5.37. The highest BCUT2D eigenvalue weighted by Crippen LogP contribution is 2.29. The summed E-state index contributed by atoms with van der Waals surface area (Å²) in [4.78, 5) is 13.7. The van der Waals surface area contributed by atoms with Gasteiger partial charge in [-0.15, -0.1) is 0 Å². The molecule has 1 N–H and O–H groups in total. The highest BCUT2D eigenvalue weighted by molar-refractivity contribution is 5.68. The number of amides is 1. The first-order chi connectivity index (χ1) is 7.87. The van der Waals surface area contributed by atoms with Crippen molar-refractivity contribution in [3.8, 4) is 0 Å². The molecule has 17 heavy (non-hydrogen) atoms. The smallest absolute Gasteiger partial charge is 0.410 e. The number of nitrogens with zero attached hydrogens (tertiary/aromatic N) is 1. The Kier molecular flexibility index (Phi) is 4.54. The Morgan fingerprint density at radius 1 is 1.41 bits per heavy atom. The largest absolute Gasteiger partial charge is 0.444 e. The number of carbonyl (C=O) groups excluding carboxylic acids is 1. The zero-order valence-corrected chi connectivity index (χ0v) is 11.3. The molecule has 1 rings (SSSR count). The van der Waals surface area contributed by atoms with E-state index in [1.165, 1.54) is 6.21 Å². The quantitative estimate of drug-likeness (QED) is 0.771. The number of hydrogen-bond acceptors (Lipinski definition) is 3. The number of hydrogen-bond donors (Lipinski definition) is 1. The molecular formula is C13H24N2O2.